The molecule has 4 heterocycles. The van der Waals surface area contributed by atoms with Crippen LogP contribution in [0, 0.1) is 0 Å². The summed E-state index contributed by atoms with van der Waals surface area (Å²) in [5.74, 6) is 6.71. The molecule has 146 valence electrons. The monoisotopic (exact) mass is 397 g/mol. The molecule has 0 unspecified atom stereocenters. The smallest absolute Gasteiger partial charge is 0.183 e. The van der Waals surface area contributed by atoms with Gasteiger partial charge < -0.3 is 10.7 Å². The van der Waals surface area contributed by atoms with E-state index in [9.17, 15) is 0 Å². The van der Waals surface area contributed by atoms with E-state index in [2.05, 4.69) is 63.9 Å². The van der Waals surface area contributed by atoms with Crippen LogP contribution >= 0.6 is 11.3 Å². The summed E-state index contributed by atoms with van der Waals surface area (Å²) in [6.07, 6.45) is 7.52. The normalized spacial score (nSPS) is 11.5. The van der Waals surface area contributed by atoms with Crippen LogP contribution in [0.2, 0.25) is 0 Å². The second kappa shape index (κ2) is 7.56. The van der Waals surface area contributed by atoms with Gasteiger partial charge in [-0.25, -0.2) is 15.8 Å². The van der Waals surface area contributed by atoms with E-state index in [0.29, 0.717) is 18.2 Å². The van der Waals surface area contributed by atoms with Gasteiger partial charge in [-0.05, 0) is 26.8 Å². The number of nitrogens with zero attached hydrogens (tertiary/aromatic N) is 6. The maximum absolute atomic E-state index is 5.61. The quantitative estimate of drug-likeness (QED) is 0.324. The number of thiophene rings is 1. The van der Waals surface area contributed by atoms with Gasteiger partial charge in [0, 0.05) is 35.4 Å². The molecule has 0 radical (unpaired) electrons. The number of nitrogen functional groups attached to an aromatic ring is 1. The number of nitrogens with two attached hydrogens (primary N) is 1. The fraction of sp³-hybridized carbons (Fsp3) is 0.333. The van der Waals surface area contributed by atoms with Crippen molar-refractivity contribution in [1.29, 1.82) is 0 Å². The van der Waals surface area contributed by atoms with Crippen LogP contribution in [-0.2, 0) is 13.1 Å². The number of hydrazine groups is 1. The predicted octanol–water partition coefficient (Wildman–Crippen LogP) is 3.25. The highest BCUT2D eigenvalue weighted by atomic mass is 32.1. The van der Waals surface area contributed by atoms with Gasteiger partial charge in [0.05, 0.1) is 29.3 Å². The Morgan fingerprint density at radius 2 is 2.07 bits per heavy atom. The zero-order valence-electron chi connectivity index (χ0n) is 16.0. The van der Waals surface area contributed by atoms with Crippen LogP contribution in [0.4, 0.5) is 11.6 Å². The first kappa shape index (κ1) is 18.4. The van der Waals surface area contributed by atoms with Crippen LogP contribution in [0.25, 0.3) is 21.5 Å². The molecule has 0 aliphatic heterocycles. The lowest BCUT2D eigenvalue weighted by molar-refractivity contribution is 0.532. The molecule has 0 aliphatic carbocycles. The summed E-state index contributed by atoms with van der Waals surface area (Å²) in [7, 11) is 0. The highest BCUT2D eigenvalue weighted by Gasteiger charge is 2.12. The van der Waals surface area contributed by atoms with Crippen molar-refractivity contribution in [2.45, 2.75) is 39.9 Å². The third kappa shape index (κ3) is 3.56. The summed E-state index contributed by atoms with van der Waals surface area (Å²) in [4.78, 5) is 10.2. The Labute approximate surface area is 166 Å². The second-order valence-electron chi connectivity index (χ2n) is 6.70. The average molecular weight is 398 g/mol. The van der Waals surface area contributed by atoms with Crippen molar-refractivity contribution in [3.63, 3.8) is 0 Å². The Bertz CT molecular complexity index is 1060. The van der Waals surface area contributed by atoms with Crippen LogP contribution in [0.1, 0.15) is 31.7 Å². The molecule has 0 aromatic carbocycles. The van der Waals surface area contributed by atoms with E-state index in [1.807, 2.05) is 15.6 Å². The van der Waals surface area contributed by atoms with Crippen molar-refractivity contribution in [3.8, 4) is 11.3 Å². The van der Waals surface area contributed by atoms with Crippen LogP contribution in [0.5, 0.6) is 0 Å². The number of hydrogen-bond donors (Lipinski definition) is 3. The minimum absolute atomic E-state index is 0.288. The number of aromatic nitrogens is 6. The minimum Gasteiger partial charge on any atom is -0.362 e. The molecule has 9 nitrogen and oxygen atoms in total. The molecule has 4 aromatic heterocycles. The Morgan fingerprint density at radius 3 is 2.75 bits per heavy atom. The van der Waals surface area contributed by atoms with E-state index >= 15 is 0 Å². The highest BCUT2D eigenvalue weighted by Crippen LogP contribution is 2.27. The summed E-state index contributed by atoms with van der Waals surface area (Å²) in [5, 5.41) is 12.2. The van der Waals surface area contributed by atoms with Gasteiger partial charge in [-0.2, -0.15) is 10.2 Å². The van der Waals surface area contributed by atoms with Crippen LogP contribution in [-0.4, -0.2) is 29.5 Å². The van der Waals surface area contributed by atoms with E-state index in [1.54, 1.807) is 23.7 Å². The van der Waals surface area contributed by atoms with Gasteiger partial charge in [0.1, 0.15) is 5.52 Å². The van der Waals surface area contributed by atoms with E-state index in [0.717, 1.165) is 23.3 Å². The number of anilines is 2. The number of aryl methyl sites for hydroxylation is 1. The summed E-state index contributed by atoms with van der Waals surface area (Å²) < 4.78 is 5.02. The molecule has 4 aromatic rings. The van der Waals surface area contributed by atoms with Gasteiger partial charge in [0.2, 0.25) is 0 Å². The lowest BCUT2D eigenvalue weighted by Gasteiger charge is -2.10. The summed E-state index contributed by atoms with van der Waals surface area (Å²) in [5.41, 5.74) is 5.27. The Balaban J connectivity index is 1.55. The summed E-state index contributed by atoms with van der Waals surface area (Å²) in [6, 6.07) is 2.38. The molecule has 0 saturated heterocycles. The van der Waals surface area contributed by atoms with E-state index in [-0.39, 0.29) is 6.04 Å². The molecule has 0 aliphatic rings. The molecule has 0 fully saturated rings. The topological polar surface area (TPSA) is 112 Å². The molecular formula is C18H23N9S. The number of nitrogens with one attached hydrogen (secondary N) is 2. The molecular weight excluding hydrogens is 374 g/mol. The molecule has 10 heteroatoms. The third-order valence-electron chi connectivity index (χ3n) is 4.38. The van der Waals surface area contributed by atoms with Crippen LogP contribution in [0.15, 0.2) is 30.9 Å². The molecule has 0 saturated carbocycles. The molecule has 0 bridgehead atoms. The van der Waals surface area contributed by atoms with Gasteiger partial charge in [0.15, 0.2) is 11.6 Å². The first-order valence-corrected chi connectivity index (χ1v) is 9.97. The molecule has 28 heavy (non-hydrogen) atoms. The standard InChI is InChI=1S/C18H23N9S/c1-4-26-10-16-14(25-26)5-13(28-16)7-20-17-18(24-19)21-8-15(23-17)12-6-22-27(9-12)11(2)3/h5-6,8-11H,4,7,19H2,1-3H3,(H,20,23)(H,21,24). The van der Waals surface area contributed by atoms with Crippen molar-refractivity contribution in [1.82, 2.24) is 29.5 Å². The largest absolute Gasteiger partial charge is 0.362 e. The van der Waals surface area contributed by atoms with E-state index in [1.165, 1.54) is 9.58 Å². The van der Waals surface area contributed by atoms with E-state index in [4.69, 9.17) is 5.84 Å². The fourth-order valence-electron chi connectivity index (χ4n) is 2.85. The Hall–Kier alpha value is -2.98. The SMILES string of the molecule is CCn1cc2sc(CNc3nc(-c4cnn(C(C)C)c4)cnc3NN)cc2n1. The maximum atomic E-state index is 5.61. The van der Waals surface area contributed by atoms with Crippen molar-refractivity contribution >= 4 is 33.2 Å². The molecule has 4 N–H and O–H groups in total. The van der Waals surface area contributed by atoms with Crippen molar-refractivity contribution in [2.24, 2.45) is 5.84 Å². The van der Waals surface area contributed by atoms with Gasteiger partial charge in [-0.1, -0.05) is 0 Å². The van der Waals surface area contributed by atoms with Gasteiger partial charge in [-0.15, -0.1) is 11.3 Å². The van der Waals surface area contributed by atoms with Crippen LogP contribution in [0.3, 0.4) is 0 Å². The van der Waals surface area contributed by atoms with Crippen LogP contribution < -0.4 is 16.6 Å². The molecule has 0 spiro atoms. The summed E-state index contributed by atoms with van der Waals surface area (Å²) >= 11 is 1.71. The zero-order valence-corrected chi connectivity index (χ0v) is 16.9. The highest BCUT2D eigenvalue weighted by molar-refractivity contribution is 7.19. The van der Waals surface area contributed by atoms with E-state index < -0.39 is 0 Å². The number of hydrogen-bond acceptors (Lipinski definition) is 8. The third-order valence-corrected chi connectivity index (χ3v) is 5.44. The maximum Gasteiger partial charge on any atom is 0.183 e. The lowest BCUT2D eigenvalue weighted by Crippen LogP contribution is -2.13. The van der Waals surface area contributed by atoms with Crippen molar-refractivity contribution in [3.05, 3.63) is 35.7 Å². The van der Waals surface area contributed by atoms with Crippen molar-refractivity contribution < 1.29 is 0 Å². The number of fused-ring (bicyclic) bond motifs is 1. The molecule has 0 amide bonds. The predicted molar refractivity (Wildman–Crippen MR) is 112 cm³/mol. The Kier molecular flexibility index (Phi) is 4.97. The number of rotatable bonds is 7. The van der Waals surface area contributed by atoms with Gasteiger partial charge >= 0.3 is 0 Å². The minimum atomic E-state index is 0.288. The lowest BCUT2D eigenvalue weighted by atomic mass is 10.2. The first-order chi connectivity index (χ1) is 13.6. The second-order valence-corrected chi connectivity index (χ2v) is 7.87. The zero-order chi connectivity index (χ0) is 19.7. The first-order valence-electron chi connectivity index (χ1n) is 9.15. The molecule has 0 atom stereocenters. The van der Waals surface area contributed by atoms with Gasteiger partial charge in [0.25, 0.3) is 0 Å². The fourth-order valence-corrected chi connectivity index (χ4v) is 3.83. The average Bonchev–Trinajstić information content (AvgIpc) is 3.40. The molecule has 4 rings (SSSR count). The summed E-state index contributed by atoms with van der Waals surface area (Å²) in [6.45, 7) is 7.73. The van der Waals surface area contributed by atoms with Crippen molar-refractivity contribution in [2.75, 3.05) is 10.7 Å². The Morgan fingerprint density at radius 1 is 1.21 bits per heavy atom. The van der Waals surface area contributed by atoms with Gasteiger partial charge in [-0.3, -0.25) is 9.36 Å².